The second-order valence-corrected chi connectivity index (χ2v) is 5.53. The van der Waals surface area contributed by atoms with Gasteiger partial charge in [-0.2, -0.15) is 15.5 Å². The first-order valence-electron chi connectivity index (χ1n) is 7.31. The second-order valence-electron chi connectivity index (χ2n) is 5.53. The van der Waals surface area contributed by atoms with Gasteiger partial charge in [0.15, 0.2) is 0 Å². The minimum absolute atomic E-state index is 0.125. The summed E-state index contributed by atoms with van der Waals surface area (Å²) >= 11 is 0. The summed E-state index contributed by atoms with van der Waals surface area (Å²) in [7, 11) is 0. The van der Waals surface area contributed by atoms with Gasteiger partial charge in [0, 0.05) is 5.92 Å². The van der Waals surface area contributed by atoms with Gasteiger partial charge in [0.05, 0.1) is 23.0 Å². The Morgan fingerprint density at radius 1 is 1.30 bits per heavy atom. The summed E-state index contributed by atoms with van der Waals surface area (Å²) in [6, 6.07) is 7.20. The molecule has 2 atom stereocenters. The molecule has 0 aliphatic heterocycles. The van der Waals surface area contributed by atoms with Gasteiger partial charge < -0.3 is 4.79 Å². The molecule has 1 aliphatic rings. The van der Waals surface area contributed by atoms with Crippen molar-refractivity contribution in [2.24, 2.45) is 5.92 Å². The van der Waals surface area contributed by atoms with E-state index in [1.165, 1.54) is 18.2 Å². The number of halogens is 2. The predicted octanol–water partition coefficient (Wildman–Crippen LogP) is 3.18. The minimum Gasteiger partial charge on any atom is -0.302 e. The molecule has 2 unspecified atom stereocenters. The van der Waals surface area contributed by atoms with E-state index in [0.29, 0.717) is 24.8 Å². The number of nitriles is 1. The number of carbonyl (C=O) groups is 1. The molecule has 0 N–H and O–H groups in total. The van der Waals surface area contributed by atoms with Crippen LogP contribution in [0.4, 0.5) is 8.78 Å². The van der Waals surface area contributed by atoms with Gasteiger partial charge in [-0.1, -0.05) is 6.07 Å². The average Bonchev–Trinajstić information content (AvgIpc) is 2.56. The third-order valence-corrected chi connectivity index (χ3v) is 4.17. The van der Waals surface area contributed by atoms with E-state index in [9.17, 15) is 13.6 Å². The molecule has 1 aliphatic carbocycles. The van der Waals surface area contributed by atoms with E-state index >= 15 is 0 Å². The Labute approximate surface area is 131 Å². The SMILES string of the molecule is N#CC(C=O)C1CCCc2cc(-c3c(F)cccc3F)nnc21. The van der Waals surface area contributed by atoms with Crippen LogP contribution < -0.4 is 0 Å². The molecule has 0 fully saturated rings. The Bertz CT molecular complexity index is 781. The largest absolute Gasteiger partial charge is 0.302 e. The van der Waals surface area contributed by atoms with Crippen molar-refractivity contribution in [1.29, 1.82) is 5.26 Å². The minimum atomic E-state index is -0.778. The topological polar surface area (TPSA) is 66.6 Å². The molecule has 0 amide bonds. The lowest BCUT2D eigenvalue weighted by molar-refractivity contribution is -0.110. The molecular weight excluding hydrogens is 300 g/mol. The van der Waals surface area contributed by atoms with Crippen molar-refractivity contribution in [1.82, 2.24) is 10.2 Å². The van der Waals surface area contributed by atoms with Crippen LogP contribution in [0.1, 0.15) is 30.0 Å². The predicted molar refractivity (Wildman–Crippen MR) is 78.2 cm³/mol. The molecule has 23 heavy (non-hydrogen) atoms. The first kappa shape index (κ1) is 15.2. The molecule has 1 aromatic carbocycles. The number of aromatic nitrogens is 2. The quantitative estimate of drug-likeness (QED) is 0.816. The fraction of sp³-hybridized carbons (Fsp3) is 0.294. The molecule has 0 saturated carbocycles. The van der Waals surface area contributed by atoms with E-state index in [1.807, 2.05) is 6.07 Å². The van der Waals surface area contributed by atoms with E-state index in [2.05, 4.69) is 10.2 Å². The molecule has 0 saturated heterocycles. The summed E-state index contributed by atoms with van der Waals surface area (Å²) in [4.78, 5) is 11.1. The van der Waals surface area contributed by atoms with Gasteiger partial charge in [-0.3, -0.25) is 0 Å². The second kappa shape index (κ2) is 6.21. The van der Waals surface area contributed by atoms with Crippen LogP contribution in [0.2, 0.25) is 0 Å². The number of carbonyl (C=O) groups excluding carboxylic acids is 1. The lowest BCUT2D eigenvalue weighted by atomic mass is 9.79. The highest BCUT2D eigenvalue weighted by molar-refractivity contribution is 5.63. The summed E-state index contributed by atoms with van der Waals surface area (Å²) in [5, 5.41) is 17.1. The molecule has 3 rings (SSSR count). The van der Waals surface area contributed by atoms with E-state index in [-0.39, 0.29) is 17.2 Å². The van der Waals surface area contributed by atoms with Gasteiger partial charge in [-0.05, 0) is 43.0 Å². The maximum atomic E-state index is 13.9. The molecule has 0 spiro atoms. The molecular formula is C17H13F2N3O. The van der Waals surface area contributed by atoms with Gasteiger partial charge in [-0.15, -0.1) is 0 Å². The van der Waals surface area contributed by atoms with Gasteiger partial charge in [0.2, 0.25) is 0 Å². The van der Waals surface area contributed by atoms with Crippen molar-refractivity contribution in [2.45, 2.75) is 25.2 Å². The van der Waals surface area contributed by atoms with E-state index in [4.69, 9.17) is 5.26 Å². The van der Waals surface area contributed by atoms with Crippen molar-refractivity contribution in [3.05, 3.63) is 47.2 Å². The van der Waals surface area contributed by atoms with Crippen LogP contribution in [0.25, 0.3) is 11.3 Å². The maximum Gasteiger partial charge on any atom is 0.137 e. The van der Waals surface area contributed by atoms with E-state index < -0.39 is 17.6 Å². The Balaban J connectivity index is 2.07. The van der Waals surface area contributed by atoms with Gasteiger partial charge in [0.25, 0.3) is 0 Å². The third kappa shape index (κ3) is 2.70. The van der Waals surface area contributed by atoms with Crippen LogP contribution in [0.5, 0.6) is 0 Å². The smallest absolute Gasteiger partial charge is 0.137 e. The Hall–Kier alpha value is -2.68. The van der Waals surface area contributed by atoms with Crippen LogP contribution in [-0.4, -0.2) is 16.5 Å². The fourth-order valence-electron chi connectivity index (χ4n) is 3.03. The van der Waals surface area contributed by atoms with Crippen molar-refractivity contribution in [3.8, 4) is 17.3 Å². The Morgan fingerprint density at radius 3 is 2.70 bits per heavy atom. The summed E-state index contributed by atoms with van der Waals surface area (Å²) < 4.78 is 27.8. The number of benzene rings is 1. The normalized spacial score (nSPS) is 17.9. The highest BCUT2D eigenvalue weighted by Crippen LogP contribution is 2.36. The number of fused-ring (bicyclic) bond motifs is 1. The number of hydrogen-bond acceptors (Lipinski definition) is 4. The van der Waals surface area contributed by atoms with Gasteiger partial charge in [0.1, 0.15) is 23.8 Å². The maximum absolute atomic E-state index is 13.9. The van der Waals surface area contributed by atoms with Gasteiger partial charge in [-0.25, -0.2) is 8.78 Å². The number of nitrogens with zero attached hydrogens (tertiary/aromatic N) is 3. The van der Waals surface area contributed by atoms with Crippen LogP contribution in [-0.2, 0) is 11.2 Å². The lowest BCUT2D eigenvalue weighted by Crippen LogP contribution is -2.21. The van der Waals surface area contributed by atoms with E-state index in [0.717, 1.165) is 12.0 Å². The van der Waals surface area contributed by atoms with Crippen LogP contribution >= 0.6 is 0 Å². The van der Waals surface area contributed by atoms with Crippen LogP contribution in [0.3, 0.4) is 0 Å². The average molecular weight is 313 g/mol. The number of aryl methyl sites for hydroxylation is 1. The highest BCUT2D eigenvalue weighted by atomic mass is 19.1. The molecule has 2 aromatic rings. The van der Waals surface area contributed by atoms with Crippen LogP contribution in [0.15, 0.2) is 24.3 Å². The van der Waals surface area contributed by atoms with Crippen molar-refractivity contribution in [2.75, 3.05) is 0 Å². The zero-order chi connectivity index (χ0) is 16.4. The van der Waals surface area contributed by atoms with Crippen molar-refractivity contribution in [3.63, 3.8) is 0 Å². The Kier molecular flexibility index (Phi) is 4.11. The number of rotatable bonds is 3. The first-order valence-corrected chi connectivity index (χ1v) is 7.31. The molecule has 1 aromatic heterocycles. The molecule has 0 bridgehead atoms. The first-order chi connectivity index (χ1) is 11.2. The molecule has 116 valence electrons. The zero-order valence-corrected chi connectivity index (χ0v) is 12.2. The summed E-state index contributed by atoms with van der Waals surface area (Å²) in [5.74, 6) is -2.49. The van der Waals surface area contributed by atoms with Gasteiger partial charge >= 0.3 is 0 Å². The Morgan fingerprint density at radius 2 is 2.04 bits per heavy atom. The number of aldehydes is 1. The number of hydrogen-bond donors (Lipinski definition) is 0. The summed E-state index contributed by atoms with van der Waals surface area (Å²) in [6.45, 7) is 0. The van der Waals surface area contributed by atoms with Crippen LogP contribution in [0, 0.1) is 28.9 Å². The molecule has 0 radical (unpaired) electrons. The van der Waals surface area contributed by atoms with Crippen molar-refractivity contribution < 1.29 is 13.6 Å². The summed E-state index contributed by atoms with van der Waals surface area (Å²) in [6.07, 6.45) is 2.76. The summed E-state index contributed by atoms with van der Waals surface area (Å²) in [5.41, 5.74) is 1.28. The lowest BCUT2D eigenvalue weighted by Gasteiger charge is -2.25. The molecule has 1 heterocycles. The third-order valence-electron chi connectivity index (χ3n) is 4.17. The van der Waals surface area contributed by atoms with Crippen molar-refractivity contribution >= 4 is 6.29 Å². The monoisotopic (exact) mass is 313 g/mol. The highest BCUT2D eigenvalue weighted by Gasteiger charge is 2.30. The standard InChI is InChI=1S/C17H13F2N3O/c18-13-5-2-6-14(19)16(13)15-7-10-3-1-4-12(11(8-20)9-23)17(10)22-21-15/h2,5-7,9,11-12H,1,3-4H2. The molecule has 6 heteroatoms. The fourth-order valence-corrected chi connectivity index (χ4v) is 3.03. The van der Waals surface area contributed by atoms with E-state index in [1.54, 1.807) is 6.07 Å². The zero-order valence-electron chi connectivity index (χ0n) is 12.2. The molecule has 4 nitrogen and oxygen atoms in total.